The lowest BCUT2D eigenvalue weighted by Crippen LogP contribution is -2.18. The fourth-order valence-corrected chi connectivity index (χ4v) is 0.728. The number of hydrogen-bond acceptors (Lipinski definition) is 2. The summed E-state index contributed by atoms with van der Waals surface area (Å²) in [7, 11) is 0. The minimum Gasteiger partial charge on any atom is -0.388 e. The van der Waals surface area contributed by atoms with E-state index in [0.29, 0.717) is 0 Å². The highest BCUT2D eigenvalue weighted by atomic mass is 19.4. The average molecular weight is 213 g/mol. The number of pyridine rings is 1. The molecule has 0 atom stereocenters. The molecule has 0 aliphatic carbocycles. The summed E-state index contributed by atoms with van der Waals surface area (Å²) in [6, 6.07) is 2.77. The van der Waals surface area contributed by atoms with Crippen LogP contribution in [0.5, 0.6) is 5.88 Å². The van der Waals surface area contributed by atoms with Crippen molar-refractivity contribution in [3.8, 4) is 5.88 Å². The molecule has 0 saturated carbocycles. The molecule has 1 aromatic rings. The van der Waals surface area contributed by atoms with E-state index in [1.54, 1.807) is 0 Å². The monoisotopic (exact) mass is 213 g/mol. The molecule has 0 radical (unpaired) electrons. The van der Waals surface area contributed by atoms with Crippen LogP contribution in [0.3, 0.4) is 0 Å². The van der Waals surface area contributed by atoms with Gasteiger partial charge in [0.25, 0.3) is 6.43 Å². The van der Waals surface area contributed by atoms with E-state index in [-0.39, 0.29) is 0 Å². The Hall–Kier alpha value is -1.40. The van der Waals surface area contributed by atoms with Gasteiger partial charge in [0.15, 0.2) is 0 Å². The normalized spacial score (nSPS) is 11.9. The third-order valence-electron chi connectivity index (χ3n) is 1.19. The van der Waals surface area contributed by atoms with Crippen LogP contribution in [0.2, 0.25) is 0 Å². The molecular formula is C7H4F5NO. The Morgan fingerprint density at radius 3 is 2.36 bits per heavy atom. The molecule has 2 nitrogen and oxygen atoms in total. The van der Waals surface area contributed by atoms with E-state index in [4.69, 9.17) is 0 Å². The topological polar surface area (TPSA) is 22.1 Å². The minimum atomic E-state index is -4.92. The SMILES string of the molecule is FC(F)c1cccc(OC(F)(F)F)n1. The highest BCUT2D eigenvalue weighted by molar-refractivity contribution is 5.16. The van der Waals surface area contributed by atoms with Crippen LogP contribution in [0.25, 0.3) is 0 Å². The molecule has 0 bridgehead atoms. The Labute approximate surface area is 75.3 Å². The first-order chi connectivity index (χ1) is 6.38. The molecule has 1 rings (SSSR count). The quantitative estimate of drug-likeness (QED) is 0.704. The number of hydrogen-bond donors (Lipinski definition) is 0. The van der Waals surface area contributed by atoms with Gasteiger partial charge in [-0.15, -0.1) is 13.2 Å². The van der Waals surface area contributed by atoms with E-state index in [2.05, 4.69) is 9.72 Å². The molecule has 0 spiro atoms. The van der Waals surface area contributed by atoms with Gasteiger partial charge in [-0.2, -0.15) is 0 Å². The minimum absolute atomic E-state index is 0.758. The molecule has 0 fully saturated rings. The Morgan fingerprint density at radius 1 is 1.21 bits per heavy atom. The number of rotatable bonds is 2. The summed E-state index contributed by atoms with van der Waals surface area (Å²) in [6.45, 7) is 0. The van der Waals surface area contributed by atoms with E-state index in [9.17, 15) is 22.0 Å². The van der Waals surface area contributed by atoms with Crippen molar-refractivity contribution in [2.45, 2.75) is 12.8 Å². The molecule has 0 aromatic carbocycles. The molecule has 14 heavy (non-hydrogen) atoms. The van der Waals surface area contributed by atoms with Crippen LogP contribution in [0.15, 0.2) is 18.2 Å². The second kappa shape index (κ2) is 3.77. The van der Waals surface area contributed by atoms with Crippen LogP contribution < -0.4 is 4.74 Å². The number of ether oxygens (including phenoxy) is 1. The summed E-state index contributed by atoms with van der Waals surface area (Å²) >= 11 is 0. The number of alkyl halides is 5. The van der Waals surface area contributed by atoms with Gasteiger partial charge in [-0.1, -0.05) is 6.07 Å². The summed E-state index contributed by atoms with van der Waals surface area (Å²) < 4.78 is 62.2. The molecule has 78 valence electrons. The third kappa shape index (κ3) is 3.15. The van der Waals surface area contributed by atoms with Crippen LogP contribution in [-0.2, 0) is 0 Å². The summed E-state index contributed by atoms with van der Waals surface area (Å²) in [6.07, 6.45) is -7.85. The van der Waals surface area contributed by atoms with Crippen LogP contribution in [0.1, 0.15) is 12.1 Å². The van der Waals surface area contributed by atoms with Crippen LogP contribution in [0, 0.1) is 0 Å². The fraction of sp³-hybridized carbons (Fsp3) is 0.286. The standard InChI is InChI=1S/C7H4F5NO/c8-6(9)4-2-1-3-5(13-4)14-7(10,11)12/h1-3,6H. The molecule has 1 aromatic heterocycles. The maximum absolute atomic E-state index is 12.0. The first-order valence-corrected chi connectivity index (χ1v) is 3.39. The maximum atomic E-state index is 12.0. The van der Waals surface area contributed by atoms with Gasteiger partial charge < -0.3 is 4.74 Å². The van der Waals surface area contributed by atoms with Gasteiger partial charge in [-0.25, -0.2) is 13.8 Å². The average Bonchev–Trinajstić information content (AvgIpc) is 2.01. The van der Waals surface area contributed by atoms with E-state index in [0.717, 1.165) is 18.2 Å². The number of nitrogens with zero attached hydrogens (tertiary/aromatic N) is 1. The van der Waals surface area contributed by atoms with Gasteiger partial charge in [-0.3, -0.25) is 0 Å². The predicted molar refractivity (Wildman–Crippen MR) is 35.9 cm³/mol. The predicted octanol–water partition coefficient (Wildman–Crippen LogP) is 2.92. The number of aromatic nitrogens is 1. The largest absolute Gasteiger partial charge is 0.574 e. The molecule has 0 aliphatic rings. The second-order valence-corrected chi connectivity index (χ2v) is 2.25. The van der Waals surface area contributed by atoms with Crippen LogP contribution in [0.4, 0.5) is 22.0 Å². The third-order valence-corrected chi connectivity index (χ3v) is 1.19. The summed E-state index contributed by atoms with van der Waals surface area (Å²) in [5.74, 6) is -0.893. The number of halogens is 5. The molecule has 0 aliphatic heterocycles. The lowest BCUT2D eigenvalue weighted by molar-refractivity contribution is -0.276. The molecule has 0 saturated heterocycles. The van der Waals surface area contributed by atoms with Crippen molar-refractivity contribution in [1.29, 1.82) is 0 Å². The Morgan fingerprint density at radius 2 is 1.86 bits per heavy atom. The van der Waals surface area contributed by atoms with Gasteiger partial charge in [0.2, 0.25) is 5.88 Å². The first-order valence-electron chi connectivity index (χ1n) is 3.39. The molecule has 1 heterocycles. The Balaban J connectivity index is 2.84. The van der Waals surface area contributed by atoms with Crippen molar-refractivity contribution in [2.24, 2.45) is 0 Å². The van der Waals surface area contributed by atoms with Crippen molar-refractivity contribution in [2.75, 3.05) is 0 Å². The van der Waals surface area contributed by atoms with E-state index < -0.39 is 24.4 Å². The lowest BCUT2D eigenvalue weighted by Gasteiger charge is -2.08. The summed E-state index contributed by atoms with van der Waals surface area (Å²) in [4.78, 5) is 2.97. The van der Waals surface area contributed by atoms with Gasteiger partial charge in [-0.05, 0) is 6.07 Å². The maximum Gasteiger partial charge on any atom is 0.574 e. The van der Waals surface area contributed by atoms with E-state index in [1.807, 2.05) is 0 Å². The molecule has 0 N–H and O–H groups in total. The highest BCUT2D eigenvalue weighted by Gasteiger charge is 2.32. The zero-order chi connectivity index (χ0) is 10.8. The smallest absolute Gasteiger partial charge is 0.388 e. The molecule has 7 heteroatoms. The van der Waals surface area contributed by atoms with Gasteiger partial charge in [0.1, 0.15) is 5.69 Å². The van der Waals surface area contributed by atoms with Gasteiger partial charge in [0.05, 0.1) is 0 Å². The van der Waals surface area contributed by atoms with Crippen molar-refractivity contribution >= 4 is 0 Å². The van der Waals surface area contributed by atoms with Crippen molar-refractivity contribution in [3.05, 3.63) is 23.9 Å². The highest BCUT2D eigenvalue weighted by Crippen LogP contribution is 2.23. The van der Waals surface area contributed by atoms with Crippen molar-refractivity contribution < 1.29 is 26.7 Å². The first kappa shape index (κ1) is 10.7. The zero-order valence-corrected chi connectivity index (χ0v) is 6.55. The van der Waals surface area contributed by atoms with Crippen molar-refractivity contribution in [1.82, 2.24) is 4.98 Å². The zero-order valence-electron chi connectivity index (χ0n) is 6.55. The van der Waals surface area contributed by atoms with E-state index in [1.165, 1.54) is 0 Å². The van der Waals surface area contributed by atoms with Crippen molar-refractivity contribution in [3.63, 3.8) is 0 Å². The fourth-order valence-electron chi connectivity index (χ4n) is 0.728. The molecular weight excluding hydrogens is 209 g/mol. The Bertz CT molecular complexity index is 311. The Kier molecular flexibility index (Phi) is 2.87. The summed E-state index contributed by atoms with van der Waals surface area (Å²) in [5.41, 5.74) is -0.758. The summed E-state index contributed by atoms with van der Waals surface area (Å²) in [5, 5.41) is 0. The van der Waals surface area contributed by atoms with Crippen LogP contribution >= 0.6 is 0 Å². The van der Waals surface area contributed by atoms with Gasteiger partial charge >= 0.3 is 6.36 Å². The van der Waals surface area contributed by atoms with E-state index >= 15 is 0 Å². The molecule has 0 amide bonds. The lowest BCUT2D eigenvalue weighted by atomic mass is 10.3. The van der Waals surface area contributed by atoms with Crippen LogP contribution in [-0.4, -0.2) is 11.3 Å². The second-order valence-electron chi connectivity index (χ2n) is 2.25. The van der Waals surface area contributed by atoms with Gasteiger partial charge in [0, 0.05) is 6.07 Å². The molecule has 0 unspecified atom stereocenters.